The molecule has 7 nitrogen and oxygen atoms in total. The van der Waals surface area contributed by atoms with E-state index in [2.05, 4.69) is 20.7 Å². The smallest absolute Gasteiger partial charge is 0.279 e. The molecular weight excluding hydrogens is 348 g/mol. The van der Waals surface area contributed by atoms with Gasteiger partial charge < -0.3 is 4.52 Å². The first-order valence-corrected chi connectivity index (χ1v) is 8.71. The number of ketones is 1. The van der Waals surface area contributed by atoms with Crippen LogP contribution in [-0.4, -0.2) is 32.8 Å². The van der Waals surface area contributed by atoms with Gasteiger partial charge in [0.2, 0.25) is 5.13 Å². The number of rotatable bonds is 6. The van der Waals surface area contributed by atoms with E-state index >= 15 is 0 Å². The van der Waals surface area contributed by atoms with Crippen molar-refractivity contribution < 1.29 is 14.1 Å². The highest BCUT2D eigenvalue weighted by Gasteiger charge is 2.16. The monoisotopic (exact) mass is 360 g/mol. The van der Waals surface area contributed by atoms with Crippen molar-refractivity contribution in [2.75, 3.05) is 11.1 Å². The van der Waals surface area contributed by atoms with Gasteiger partial charge in [-0.2, -0.15) is 0 Å². The molecule has 3 aromatic rings. The number of carbonyl (C=O) groups is 2. The number of hydrogen-bond donors (Lipinski definition) is 1. The highest BCUT2D eigenvalue weighted by molar-refractivity contribution is 8.01. The molecule has 0 saturated carbocycles. The second kappa shape index (κ2) is 7.37. The van der Waals surface area contributed by atoms with E-state index in [0.29, 0.717) is 21.0 Å². The Bertz CT molecular complexity index is 860. The fourth-order valence-corrected chi connectivity index (χ4v) is 3.31. The number of Topliss-reactive ketones (excluding diaryl/α,β-unsaturated/α-hetero) is 1. The number of aromatic nitrogens is 3. The average molecular weight is 360 g/mol. The van der Waals surface area contributed by atoms with Crippen LogP contribution in [0.25, 0.3) is 11.3 Å². The molecule has 0 atom stereocenters. The van der Waals surface area contributed by atoms with Crippen molar-refractivity contribution in [2.24, 2.45) is 0 Å². The van der Waals surface area contributed by atoms with Crippen LogP contribution in [0.2, 0.25) is 0 Å². The summed E-state index contributed by atoms with van der Waals surface area (Å²) in [4.78, 5) is 23.1. The fraction of sp³-hybridized carbons (Fsp3) is 0.133. The number of hydrogen-bond acceptors (Lipinski definition) is 8. The van der Waals surface area contributed by atoms with Crippen molar-refractivity contribution in [1.82, 2.24) is 15.4 Å². The Labute approximate surface area is 145 Å². The van der Waals surface area contributed by atoms with E-state index in [1.54, 1.807) is 6.07 Å². The highest BCUT2D eigenvalue weighted by Crippen LogP contribution is 2.26. The molecule has 2 heterocycles. The molecule has 0 spiro atoms. The maximum absolute atomic E-state index is 12.2. The van der Waals surface area contributed by atoms with E-state index in [0.717, 1.165) is 5.56 Å². The number of thioether (sulfide) groups is 1. The van der Waals surface area contributed by atoms with Crippen molar-refractivity contribution in [3.63, 3.8) is 0 Å². The van der Waals surface area contributed by atoms with E-state index in [4.69, 9.17) is 4.52 Å². The Morgan fingerprint density at radius 2 is 2.04 bits per heavy atom. The lowest BCUT2D eigenvalue weighted by atomic mass is 10.1. The quantitative estimate of drug-likeness (QED) is 0.532. The number of nitrogens with zero attached hydrogens (tertiary/aromatic N) is 3. The molecule has 2 aromatic heterocycles. The minimum absolute atomic E-state index is 0.0526. The van der Waals surface area contributed by atoms with Gasteiger partial charge in [0.1, 0.15) is 5.78 Å². The Kier molecular flexibility index (Phi) is 5.02. The Balaban J connectivity index is 1.65. The molecule has 0 saturated heterocycles. The molecule has 3 rings (SSSR count). The maximum Gasteiger partial charge on any atom is 0.279 e. The van der Waals surface area contributed by atoms with Crippen molar-refractivity contribution in [3.05, 3.63) is 42.1 Å². The third-order valence-corrected chi connectivity index (χ3v) is 4.94. The summed E-state index contributed by atoms with van der Waals surface area (Å²) >= 11 is 2.48. The molecule has 0 aliphatic rings. The summed E-state index contributed by atoms with van der Waals surface area (Å²) in [5, 5.41) is 14.5. The largest absolute Gasteiger partial charge is 0.355 e. The van der Waals surface area contributed by atoms with E-state index in [1.807, 2.05) is 30.3 Å². The predicted molar refractivity (Wildman–Crippen MR) is 91.2 cm³/mol. The Morgan fingerprint density at radius 3 is 2.79 bits per heavy atom. The lowest BCUT2D eigenvalue weighted by Crippen LogP contribution is -2.11. The zero-order valence-electron chi connectivity index (χ0n) is 12.6. The van der Waals surface area contributed by atoms with Crippen LogP contribution in [0.5, 0.6) is 0 Å². The molecule has 0 aliphatic heterocycles. The second-order valence-electron chi connectivity index (χ2n) is 4.76. The summed E-state index contributed by atoms with van der Waals surface area (Å²) in [6.45, 7) is 1.51. The Hall–Kier alpha value is -2.52. The zero-order valence-corrected chi connectivity index (χ0v) is 14.2. The van der Waals surface area contributed by atoms with Gasteiger partial charge in [-0.05, 0) is 6.92 Å². The first-order chi connectivity index (χ1) is 11.6. The highest BCUT2D eigenvalue weighted by atomic mass is 32.2. The van der Waals surface area contributed by atoms with Crippen molar-refractivity contribution in [1.29, 1.82) is 0 Å². The maximum atomic E-state index is 12.2. The van der Waals surface area contributed by atoms with Gasteiger partial charge >= 0.3 is 0 Å². The summed E-state index contributed by atoms with van der Waals surface area (Å²) in [5.41, 5.74) is 0.991. The molecule has 0 bridgehead atoms. The van der Waals surface area contributed by atoms with E-state index in [-0.39, 0.29) is 11.5 Å². The molecule has 1 aromatic carbocycles. The Morgan fingerprint density at radius 1 is 1.25 bits per heavy atom. The van der Waals surface area contributed by atoms with Crippen LogP contribution < -0.4 is 5.32 Å². The minimum atomic E-state index is -0.430. The van der Waals surface area contributed by atoms with Crippen LogP contribution in [0.4, 0.5) is 5.13 Å². The number of carbonyl (C=O) groups excluding carboxylic acids is 2. The van der Waals surface area contributed by atoms with Crippen molar-refractivity contribution in [3.8, 4) is 11.3 Å². The molecule has 1 amide bonds. The second-order valence-corrected chi connectivity index (χ2v) is 6.96. The lowest BCUT2D eigenvalue weighted by Gasteiger charge is -1.95. The first kappa shape index (κ1) is 16.3. The third kappa shape index (κ3) is 4.06. The van der Waals surface area contributed by atoms with Crippen molar-refractivity contribution in [2.45, 2.75) is 11.3 Å². The van der Waals surface area contributed by atoms with Crippen LogP contribution in [-0.2, 0) is 4.79 Å². The number of benzene rings is 1. The predicted octanol–water partition coefficient (Wildman–Crippen LogP) is 3.13. The van der Waals surface area contributed by atoms with Gasteiger partial charge in [0, 0.05) is 11.6 Å². The molecule has 0 aliphatic carbocycles. The zero-order chi connectivity index (χ0) is 16.9. The molecule has 1 N–H and O–H groups in total. The summed E-state index contributed by atoms with van der Waals surface area (Å²) in [5.74, 6) is 0.458. The SMILES string of the molecule is CC(=O)CSc1nnc(NC(=O)c2cc(-c3ccccc3)on2)s1. The fourth-order valence-electron chi connectivity index (χ4n) is 1.76. The van der Waals surface area contributed by atoms with E-state index < -0.39 is 5.91 Å². The van der Waals surface area contributed by atoms with Crippen LogP contribution in [0, 0.1) is 0 Å². The van der Waals surface area contributed by atoms with Gasteiger partial charge in [0.25, 0.3) is 5.91 Å². The molecule has 0 radical (unpaired) electrons. The van der Waals surface area contributed by atoms with E-state index in [1.165, 1.54) is 30.0 Å². The van der Waals surface area contributed by atoms with Gasteiger partial charge in [0.15, 0.2) is 15.8 Å². The standard InChI is InChI=1S/C15H12N4O3S2/c1-9(20)8-23-15-18-17-14(24-15)16-13(21)11-7-12(22-19-11)10-5-3-2-4-6-10/h2-7H,8H2,1H3,(H,16,17,21). The van der Waals surface area contributed by atoms with Gasteiger partial charge in [-0.3, -0.25) is 14.9 Å². The van der Waals surface area contributed by atoms with E-state index in [9.17, 15) is 9.59 Å². The minimum Gasteiger partial charge on any atom is -0.355 e. The van der Waals surface area contributed by atoms with Gasteiger partial charge in [0.05, 0.1) is 5.75 Å². The third-order valence-electron chi connectivity index (χ3n) is 2.83. The topological polar surface area (TPSA) is 98.0 Å². The normalized spacial score (nSPS) is 10.5. The lowest BCUT2D eigenvalue weighted by molar-refractivity contribution is -0.114. The summed E-state index contributed by atoms with van der Waals surface area (Å²) in [7, 11) is 0. The molecule has 0 fully saturated rings. The van der Waals surface area contributed by atoms with Crippen LogP contribution in [0.15, 0.2) is 45.3 Å². The number of amides is 1. The van der Waals surface area contributed by atoms with Gasteiger partial charge in [-0.15, -0.1) is 10.2 Å². The van der Waals surface area contributed by atoms with Gasteiger partial charge in [-0.1, -0.05) is 58.6 Å². The summed E-state index contributed by atoms with van der Waals surface area (Å²) in [6, 6.07) is 10.9. The molecule has 0 unspecified atom stereocenters. The summed E-state index contributed by atoms with van der Waals surface area (Å²) < 4.78 is 5.81. The molecule has 24 heavy (non-hydrogen) atoms. The number of nitrogens with one attached hydrogen (secondary N) is 1. The van der Waals surface area contributed by atoms with Crippen molar-refractivity contribution >= 4 is 39.9 Å². The summed E-state index contributed by atoms with van der Waals surface area (Å²) in [6.07, 6.45) is 0. The molecule has 122 valence electrons. The number of anilines is 1. The first-order valence-electron chi connectivity index (χ1n) is 6.91. The molecule has 9 heteroatoms. The average Bonchev–Trinajstić information content (AvgIpc) is 3.23. The van der Waals surface area contributed by atoms with Crippen LogP contribution >= 0.6 is 23.1 Å². The van der Waals surface area contributed by atoms with Gasteiger partial charge in [-0.25, -0.2) is 0 Å². The van der Waals surface area contributed by atoms with Crippen LogP contribution in [0.1, 0.15) is 17.4 Å². The molecular formula is C15H12N4O3S2. The van der Waals surface area contributed by atoms with Crippen LogP contribution in [0.3, 0.4) is 0 Å².